The summed E-state index contributed by atoms with van der Waals surface area (Å²) in [6.07, 6.45) is 0. The summed E-state index contributed by atoms with van der Waals surface area (Å²) in [4.78, 5) is 23.1. The van der Waals surface area contributed by atoms with Gasteiger partial charge in [0.2, 0.25) is 5.91 Å². The van der Waals surface area contributed by atoms with Gasteiger partial charge in [-0.2, -0.15) is 0 Å². The van der Waals surface area contributed by atoms with Crippen molar-refractivity contribution in [1.82, 2.24) is 4.90 Å². The van der Waals surface area contributed by atoms with Crippen molar-refractivity contribution in [3.63, 3.8) is 0 Å². The van der Waals surface area contributed by atoms with E-state index in [2.05, 4.69) is 0 Å². The molecule has 1 aromatic carbocycles. The number of aliphatic carboxylic acids is 1. The predicted octanol–water partition coefficient (Wildman–Crippen LogP) is 1.43. The molecule has 16 heavy (non-hydrogen) atoms. The molecule has 0 spiro atoms. The first-order valence-corrected chi connectivity index (χ1v) is 4.65. The Labute approximate surface area is 92.3 Å². The molecule has 0 saturated heterocycles. The van der Waals surface area contributed by atoms with E-state index in [9.17, 15) is 14.0 Å². The molecule has 1 rings (SSSR count). The lowest BCUT2D eigenvalue weighted by atomic mass is 10.1. The third-order valence-corrected chi connectivity index (χ3v) is 2.32. The number of nitrogens with zero attached hydrogens (tertiary/aromatic N) is 1. The maximum Gasteiger partial charge on any atom is 0.331 e. The fourth-order valence-electron chi connectivity index (χ4n) is 1.39. The van der Waals surface area contributed by atoms with Crippen molar-refractivity contribution in [3.8, 4) is 0 Å². The van der Waals surface area contributed by atoms with Gasteiger partial charge in [0, 0.05) is 19.5 Å². The van der Waals surface area contributed by atoms with Gasteiger partial charge in [-0.05, 0) is 6.07 Å². The van der Waals surface area contributed by atoms with Crippen molar-refractivity contribution in [1.29, 1.82) is 0 Å². The lowest BCUT2D eigenvalue weighted by molar-refractivity contribution is -0.148. The minimum atomic E-state index is -1.29. The SMILES string of the molecule is CC(=O)N(C)C(C(=O)O)c1ccccc1F. The van der Waals surface area contributed by atoms with Gasteiger partial charge in [0.15, 0.2) is 6.04 Å². The first kappa shape index (κ1) is 12.2. The normalized spacial score (nSPS) is 11.9. The van der Waals surface area contributed by atoms with Gasteiger partial charge in [-0.15, -0.1) is 0 Å². The van der Waals surface area contributed by atoms with E-state index in [1.807, 2.05) is 0 Å². The number of carboxylic acid groups (broad SMARTS) is 1. The third-order valence-electron chi connectivity index (χ3n) is 2.32. The Balaban J connectivity index is 3.18. The number of benzene rings is 1. The molecule has 0 bridgehead atoms. The van der Waals surface area contributed by atoms with Gasteiger partial charge in [0.05, 0.1) is 0 Å². The molecular formula is C11H12FNO3. The molecule has 86 valence electrons. The monoisotopic (exact) mass is 225 g/mol. The zero-order valence-corrected chi connectivity index (χ0v) is 8.98. The van der Waals surface area contributed by atoms with Gasteiger partial charge in [0.1, 0.15) is 5.82 Å². The lowest BCUT2D eigenvalue weighted by Gasteiger charge is -2.24. The molecule has 0 aromatic heterocycles. The first-order valence-electron chi connectivity index (χ1n) is 4.65. The number of rotatable bonds is 3. The van der Waals surface area contributed by atoms with Crippen LogP contribution < -0.4 is 0 Å². The van der Waals surface area contributed by atoms with Gasteiger partial charge >= 0.3 is 5.97 Å². The number of halogens is 1. The fraction of sp³-hybridized carbons (Fsp3) is 0.273. The third kappa shape index (κ3) is 2.36. The first-order chi connectivity index (χ1) is 7.45. The molecule has 1 unspecified atom stereocenters. The molecule has 1 amide bonds. The molecule has 1 N–H and O–H groups in total. The molecule has 1 atom stereocenters. The van der Waals surface area contributed by atoms with E-state index in [-0.39, 0.29) is 5.56 Å². The number of carbonyl (C=O) groups is 2. The zero-order chi connectivity index (χ0) is 12.3. The lowest BCUT2D eigenvalue weighted by Crippen LogP contribution is -2.34. The molecule has 5 heteroatoms. The second-order valence-electron chi connectivity index (χ2n) is 3.39. The van der Waals surface area contributed by atoms with Gasteiger partial charge in [0.25, 0.3) is 0 Å². The van der Waals surface area contributed by atoms with Crippen molar-refractivity contribution in [2.45, 2.75) is 13.0 Å². The Kier molecular flexibility index (Phi) is 3.60. The maximum atomic E-state index is 13.4. The minimum absolute atomic E-state index is 0.0206. The van der Waals surface area contributed by atoms with E-state index in [0.29, 0.717) is 0 Å². The number of hydrogen-bond acceptors (Lipinski definition) is 2. The van der Waals surface area contributed by atoms with Gasteiger partial charge in [-0.1, -0.05) is 18.2 Å². The van der Waals surface area contributed by atoms with Crippen LogP contribution in [0.4, 0.5) is 4.39 Å². The van der Waals surface area contributed by atoms with Gasteiger partial charge in [-0.25, -0.2) is 9.18 Å². The van der Waals surface area contributed by atoms with Crippen LogP contribution in [-0.4, -0.2) is 28.9 Å². The van der Waals surface area contributed by atoms with Crippen molar-refractivity contribution in [2.24, 2.45) is 0 Å². The maximum absolute atomic E-state index is 13.4. The second kappa shape index (κ2) is 4.74. The fourth-order valence-corrected chi connectivity index (χ4v) is 1.39. The highest BCUT2D eigenvalue weighted by Crippen LogP contribution is 2.22. The van der Waals surface area contributed by atoms with E-state index in [4.69, 9.17) is 5.11 Å². The van der Waals surface area contributed by atoms with Crippen LogP contribution in [0.1, 0.15) is 18.5 Å². The molecule has 0 heterocycles. The van der Waals surface area contributed by atoms with Crippen LogP contribution in [0.3, 0.4) is 0 Å². The van der Waals surface area contributed by atoms with Crippen LogP contribution >= 0.6 is 0 Å². The Hall–Kier alpha value is -1.91. The minimum Gasteiger partial charge on any atom is -0.479 e. The van der Waals surface area contributed by atoms with Crippen LogP contribution in [-0.2, 0) is 9.59 Å². The molecule has 0 radical (unpaired) electrons. The van der Waals surface area contributed by atoms with Crippen molar-refractivity contribution in [2.75, 3.05) is 7.05 Å². The average Bonchev–Trinajstić information content (AvgIpc) is 2.20. The smallest absolute Gasteiger partial charge is 0.331 e. The quantitative estimate of drug-likeness (QED) is 0.846. The summed E-state index contributed by atoms with van der Waals surface area (Å²) in [6.45, 7) is 1.23. The van der Waals surface area contributed by atoms with Crippen LogP contribution in [0.2, 0.25) is 0 Å². The molecule has 0 saturated carbocycles. The van der Waals surface area contributed by atoms with Crippen molar-refractivity contribution in [3.05, 3.63) is 35.6 Å². The van der Waals surface area contributed by atoms with Crippen LogP contribution in [0, 0.1) is 5.82 Å². The molecule has 0 fully saturated rings. The molecule has 4 nitrogen and oxygen atoms in total. The largest absolute Gasteiger partial charge is 0.479 e. The number of likely N-dealkylation sites (N-methyl/N-ethyl adjacent to an activating group) is 1. The predicted molar refractivity (Wildman–Crippen MR) is 55.2 cm³/mol. The molecule has 0 aliphatic rings. The van der Waals surface area contributed by atoms with Crippen LogP contribution in [0.25, 0.3) is 0 Å². The number of carboxylic acids is 1. The van der Waals surface area contributed by atoms with E-state index in [0.717, 1.165) is 4.90 Å². The Morgan fingerprint density at radius 1 is 1.38 bits per heavy atom. The highest BCUT2D eigenvalue weighted by Gasteiger charge is 2.28. The highest BCUT2D eigenvalue weighted by molar-refractivity contribution is 5.83. The highest BCUT2D eigenvalue weighted by atomic mass is 19.1. The average molecular weight is 225 g/mol. The summed E-state index contributed by atoms with van der Waals surface area (Å²) in [5.74, 6) is -2.33. The van der Waals surface area contributed by atoms with Crippen LogP contribution in [0.5, 0.6) is 0 Å². The molecule has 0 aliphatic heterocycles. The molecule has 1 aromatic rings. The van der Waals surface area contributed by atoms with Crippen molar-refractivity contribution < 1.29 is 19.1 Å². The van der Waals surface area contributed by atoms with Crippen molar-refractivity contribution >= 4 is 11.9 Å². The summed E-state index contributed by atoms with van der Waals surface area (Å²) in [7, 11) is 1.33. The Morgan fingerprint density at radius 2 is 1.94 bits per heavy atom. The van der Waals surface area contributed by atoms with Gasteiger partial charge in [-0.3, -0.25) is 4.79 Å². The summed E-state index contributed by atoms with van der Waals surface area (Å²) >= 11 is 0. The Morgan fingerprint density at radius 3 is 2.38 bits per heavy atom. The molecular weight excluding hydrogens is 213 g/mol. The molecule has 0 aliphatic carbocycles. The second-order valence-corrected chi connectivity index (χ2v) is 3.39. The standard InChI is InChI=1S/C11H12FNO3/c1-7(14)13(2)10(11(15)16)8-5-3-4-6-9(8)12/h3-6,10H,1-2H3,(H,15,16). The van der Waals surface area contributed by atoms with Gasteiger partial charge < -0.3 is 10.0 Å². The van der Waals surface area contributed by atoms with E-state index < -0.39 is 23.7 Å². The van der Waals surface area contributed by atoms with Crippen LogP contribution in [0.15, 0.2) is 24.3 Å². The summed E-state index contributed by atoms with van der Waals surface area (Å²) in [5.41, 5.74) is -0.0206. The van der Waals surface area contributed by atoms with E-state index >= 15 is 0 Å². The zero-order valence-electron chi connectivity index (χ0n) is 8.98. The number of hydrogen-bond donors (Lipinski definition) is 1. The Bertz CT molecular complexity index is 419. The van der Waals surface area contributed by atoms with E-state index in [1.54, 1.807) is 0 Å². The summed E-state index contributed by atoms with van der Waals surface area (Å²) in [6, 6.07) is 4.22. The topological polar surface area (TPSA) is 57.6 Å². The summed E-state index contributed by atoms with van der Waals surface area (Å²) < 4.78 is 13.4. The summed E-state index contributed by atoms with van der Waals surface area (Å²) in [5, 5.41) is 9.01. The number of carbonyl (C=O) groups excluding carboxylic acids is 1. The number of amides is 1. The van der Waals surface area contributed by atoms with E-state index in [1.165, 1.54) is 38.2 Å².